The first-order valence-corrected chi connectivity index (χ1v) is 10.7. The first kappa shape index (κ1) is 20.7. The highest BCUT2D eigenvalue weighted by atomic mass is 32.2. The largest absolute Gasteiger partial charge is 0.452 e. The molecule has 2 aromatic rings. The number of likely N-dealkylation sites (N-methyl/N-ethyl adjacent to an activating group) is 1. The molecule has 1 heterocycles. The van der Waals surface area contributed by atoms with E-state index in [4.69, 9.17) is 4.74 Å². The molecule has 1 aliphatic heterocycles. The van der Waals surface area contributed by atoms with E-state index in [-0.39, 0.29) is 32.4 Å². The van der Waals surface area contributed by atoms with E-state index in [1.54, 1.807) is 13.1 Å². The van der Waals surface area contributed by atoms with Gasteiger partial charge in [0, 0.05) is 24.7 Å². The van der Waals surface area contributed by atoms with Crippen LogP contribution in [0.5, 0.6) is 0 Å². The minimum atomic E-state index is -3.95. The van der Waals surface area contributed by atoms with Crippen molar-refractivity contribution in [1.82, 2.24) is 4.90 Å². The van der Waals surface area contributed by atoms with Crippen molar-refractivity contribution in [1.29, 1.82) is 0 Å². The molecule has 0 atom stereocenters. The van der Waals surface area contributed by atoms with Crippen molar-refractivity contribution < 1.29 is 27.5 Å². The third-order valence-electron chi connectivity index (χ3n) is 4.77. The third kappa shape index (κ3) is 3.93. The number of esters is 1. The lowest BCUT2D eigenvalue weighted by atomic mass is 10.0. The lowest BCUT2D eigenvalue weighted by molar-refractivity contribution is -0.133. The van der Waals surface area contributed by atoms with Gasteiger partial charge < -0.3 is 9.64 Å². The summed E-state index contributed by atoms with van der Waals surface area (Å²) in [5.74, 6) is -1.59. The van der Waals surface area contributed by atoms with Gasteiger partial charge in [0.2, 0.25) is 9.84 Å². The maximum atomic E-state index is 12.9. The summed E-state index contributed by atoms with van der Waals surface area (Å²) in [5, 5.41) is 0. The molecule has 0 spiro atoms. The Morgan fingerprint density at radius 3 is 2.45 bits per heavy atom. The number of hydrogen-bond donors (Lipinski definition) is 0. The van der Waals surface area contributed by atoms with Crippen LogP contribution >= 0.6 is 0 Å². The number of carbonyl (C=O) groups is 3. The molecule has 0 aliphatic carbocycles. The minimum Gasteiger partial charge on any atom is -0.452 e. The normalized spacial score (nSPS) is 13.9. The molecule has 0 aromatic heterocycles. The molecule has 3 rings (SSSR count). The quantitative estimate of drug-likeness (QED) is 0.574. The van der Waals surface area contributed by atoms with E-state index in [2.05, 4.69) is 0 Å². The van der Waals surface area contributed by atoms with Gasteiger partial charge >= 0.3 is 5.97 Å². The third-order valence-corrected chi connectivity index (χ3v) is 6.62. The molecule has 29 heavy (non-hydrogen) atoms. The van der Waals surface area contributed by atoms with E-state index < -0.39 is 28.2 Å². The van der Waals surface area contributed by atoms with Crippen molar-refractivity contribution in [2.75, 3.05) is 20.2 Å². The molecule has 1 amide bonds. The predicted molar refractivity (Wildman–Crippen MR) is 105 cm³/mol. The molecule has 2 aromatic carbocycles. The number of ether oxygens (including phenoxy) is 1. The van der Waals surface area contributed by atoms with E-state index in [9.17, 15) is 22.8 Å². The smallest absolute Gasteiger partial charge is 0.338 e. The number of nitrogens with zero attached hydrogens (tertiary/aromatic N) is 1. The van der Waals surface area contributed by atoms with Gasteiger partial charge in [-0.05, 0) is 36.8 Å². The Bertz CT molecular complexity index is 1090. The zero-order valence-corrected chi connectivity index (χ0v) is 17.0. The zero-order chi connectivity index (χ0) is 21.2. The van der Waals surface area contributed by atoms with E-state index in [0.717, 1.165) is 18.9 Å². The first-order chi connectivity index (χ1) is 13.8. The predicted octanol–water partition coefficient (Wildman–Crippen LogP) is 2.48. The van der Waals surface area contributed by atoms with Crippen LogP contribution in [-0.2, 0) is 19.4 Å². The molecular weight excluding hydrogens is 394 g/mol. The van der Waals surface area contributed by atoms with Crippen molar-refractivity contribution in [3.8, 4) is 0 Å². The minimum absolute atomic E-state index is 0.00984. The second-order valence-electron chi connectivity index (χ2n) is 6.78. The van der Waals surface area contributed by atoms with Crippen molar-refractivity contribution in [3.05, 3.63) is 59.2 Å². The van der Waals surface area contributed by atoms with Crippen LogP contribution in [0, 0.1) is 0 Å². The molecular formula is C21H21NO6S. The number of benzene rings is 2. The zero-order valence-electron chi connectivity index (χ0n) is 16.2. The van der Waals surface area contributed by atoms with Crippen LogP contribution in [0.4, 0.5) is 0 Å². The molecule has 0 unspecified atom stereocenters. The fourth-order valence-corrected chi connectivity index (χ4v) is 4.73. The Morgan fingerprint density at radius 1 is 1.03 bits per heavy atom. The van der Waals surface area contributed by atoms with Crippen LogP contribution in [0.25, 0.3) is 0 Å². The monoisotopic (exact) mass is 415 g/mol. The molecule has 0 N–H and O–H groups in total. The van der Waals surface area contributed by atoms with Crippen LogP contribution in [0.3, 0.4) is 0 Å². The average Bonchev–Trinajstić information content (AvgIpc) is 2.73. The summed E-state index contributed by atoms with van der Waals surface area (Å²) in [6.07, 6.45) is 1.78. The van der Waals surface area contributed by atoms with Gasteiger partial charge in [-0.1, -0.05) is 25.5 Å². The Morgan fingerprint density at radius 2 is 1.72 bits per heavy atom. The van der Waals surface area contributed by atoms with Crippen LogP contribution in [-0.4, -0.2) is 51.2 Å². The van der Waals surface area contributed by atoms with Crippen molar-refractivity contribution >= 4 is 27.5 Å². The molecule has 0 saturated heterocycles. The van der Waals surface area contributed by atoms with E-state index in [0.29, 0.717) is 6.54 Å². The highest BCUT2D eigenvalue weighted by Crippen LogP contribution is 2.34. The molecule has 1 aliphatic rings. The Labute approximate surface area is 169 Å². The van der Waals surface area contributed by atoms with E-state index in [1.807, 2.05) is 6.92 Å². The van der Waals surface area contributed by atoms with Crippen molar-refractivity contribution in [2.24, 2.45) is 0 Å². The van der Waals surface area contributed by atoms with Gasteiger partial charge in [-0.3, -0.25) is 9.59 Å². The molecule has 7 nitrogen and oxygen atoms in total. The summed E-state index contributed by atoms with van der Waals surface area (Å²) in [7, 11) is -2.32. The first-order valence-electron chi connectivity index (χ1n) is 9.21. The number of sulfone groups is 1. The summed E-state index contributed by atoms with van der Waals surface area (Å²) >= 11 is 0. The lowest BCUT2D eigenvalue weighted by Gasteiger charge is -2.19. The van der Waals surface area contributed by atoms with Gasteiger partial charge in [0.25, 0.3) is 5.91 Å². The number of amides is 1. The molecule has 8 heteroatoms. The Kier molecular flexibility index (Phi) is 5.83. The second kappa shape index (κ2) is 8.16. The highest BCUT2D eigenvalue weighted by Gasteiger charge is 2.35. The fraction of sp³-hybridized carbons (Fsp3) is 0.286. The molecule has 0 bridgehead atoms. The molecule has 0 radical (unpaired) electrons. The summed E-state index contributed by atoms with van der Waals surface area (Å²) in [6, 6.07) is 9.71. The van der Waals surface area contributed by atoms with Gasteiger partial charge in [-0.15, -0.1) is 0 Å². The standard InChI is InChI=1S/C21H21NO6S/c1-3-4-11-22(2)19(23)13-28-21(25)14-9-10-16-18(12-14)29(26,27)17-8-6-5-7-15(17)20(16)24/h5-10,12H,3-4,11,13H2,1-2H3. The number of unbranched alkanes of at least 4 members (excludes halogenated alkanes) is 1. The maximum Gasteiger partial charge on any atom is 0.338 e. The van der Waals surface area contributed by atoms with Crippen LogP contribution in [0.2, 0.25) is 0 Å². The van der Waals surface area contributed by atoms with Crippen LogP contribution in [0.15, 0.2) is 52.3 Å². The number of rotatable bonds is 6. The van der Waals surface area contributed by atoms with Crippen molar-refractivity contribution in [3.63, 3.8) is 0 Å². The summed E-state index contributed by atoms with van der Waals surface area (Å²) in [5.41, 5.74) is 0.0789. The van der Waals surface area contributed by atoms with Gasteiger partial charge in [0.15, 0.2) is 12.4 Å². The van der Waals surface area contributed by atoms with Crippen molar-refractivity contribution in [2.45, 2.75) is 29.6 Å². The molecule has 0 saturated carbocycles. The summed E-state index contributed by atoms with van der Waals surface area (Å²) in [6.45, 7) is 2.13. The number of fused-ring (bicyclic) bond motifs is 2. The fourth-order valence-electron chi connectivity index (χ4n) is 3.05. The van der Waals surface area contributed by atoms with Gasteiger partial charge in [0.1, 0.15) is 0 Å². The summed E-state index contributed by atoms with van der Waals surface area (Å²) < 4.78 is 30.8. The Hall–Kier alpha value is -3.00. The van der Waals surface area contributed by atoms with Gasteiger partial charge in [-0.25, -0.2) is 13.2 Å². The summed E-state index contributed by atoms with van der Waals surface area (Å²) in [4.78, 5) is 38.1. The lowest BCUT2D eigenvalue weighted by Crippen LogP contribution is -2.32. The number of ketones is 1. The molecule has 152 valence electrons. The number of hydrogen-bond acceptors (Lipinski definition) is 6. The Balaban J connectivity index is 1.82. The molecule has 0 fully saturated rings. The van der Waals surface area contributed by atoms with E-state index >= 15 is 0 Å². The van der Waals surface area contributed by atoms with Gasteiger partial charge in [-0.2, -0.15) is 0 Å². The second-order valence-corrected chi connectivity index (χ2v) is 8.67. The number of carbonyl (C=O) groups excluding carboxylic acids is 3. The van der Waals surface area contributed by atoms with Gasteiger partial charge in [0.05, 0.1) is 15.4 Å². The highest BCUT2D eigenvalue weighted by molar-refractivity contribution is 7.91. The SMILES string of the molecule is CCCCN(C)C(=O)COC(=O)c1ccc2c(c1)S(=O)(=O)c1ccccc1C2=O. The van der Waals surface area contributed by atoms with Crippen LogP contribution < -0.4 is 0 Å². The maximum absolute atomic E-state index is 12.9. The average molecular weight is 415 g/mol. The van der Waals surface area contributed by atoms with Crippen LogP contribution in [0.1, 0.15) is 46.0 Å². The topological polar surface area (TPSA) is 97.8 Å². The van der Waals surface area contributed by atoms with E-state index in [1.165, 1.54) is 35.2 Å².